The summed E-state index contributed by atoms with van der Waals surface area (Å²) in [5.74, 6) is 1.99. The van der Waals surface area contributed by atoms with Crippen molar-refractivity contribution in [2.75, 3.05) is 14.1 Å². The van der Waals surface area contributed by atoms with Crippen molar-refractivity contribution < 1.29 is 4.79 Å². The van der Waals surface area contributed by atoms with E-state index in [0.29, 0.717) is 29.1 Å². The number of Topliss-reactive ketones (excluding diaryl/α,β-unsaturated/α-hetero) is 1. The van der Waals surface area contributed by atoms with E-state index in [0.717, 1.165) is 12.8 Å². The van der Waals surface area contributed by atoms with Crippen LogP contribution in [0, 0.1) is 34.0 Å². The van der Waals surface area contributed by atoms with E-state index in [9.17, 15) is 4.79 Å². The number of carbonyl (C=O) groups is 1. The van der Waals surface area contributed by atoms with Crippen LogP contribution in [0.3, 0.4) is 0 Å². The molecule has 0 saturated heterocycles. The topological polar surface area (TPSA) is 20.3 Å². The van der Waals surface area contributed by atoms with Crippen LogP contribution in [0.25, 0.3) is 0 Å². The minimum absolute atomic E-state index is 0.142. The van der Waals surface area contributed by atoms with Crippen LogP contribution >= 0.6 is 0 Å². The van der Waals surface area contributed by atoms with E-state index in [1.807, 2.05) is 6.92 Å². The number of hydrogen-bond acceptors (Lipinski definition) is 2. The molecule has 28 heavy (non-hydrogen) atoms. The van der Waals surface area contributed by atoms with Crippen molar-refractivity contribution in [1.29, 1.82) is 0 Å². The summed E-state index contributed by atoms with van der Waals surface area (Å²) in [4.78, 5) is 14.9. The molecule has 4 aliphatic rings. The lowest BCUT2D eigenvalue weighted by molar-refractivity contribution is -0.126. The molecular weight excluding hydrogens is 342 g/mol. The summed E-state index contributed by atoms with van der Waals surface area (Å²) in [6.45, 7) is 11.8. The molecule has 0 aliphatic heterocycles. The molecule has 6 atom stereocenters. The van der Waals surface area contributed by atoms with Crippen molar-refractivity contribution in [3.05, 3.63) is 23.3 Å². The lowest BCUT2D eigenvalue weighted by Crippen LogP contribution is -2.49. The van der Waals surface area contributed by atoms with Gasteiger partial charge in [0.25, 0.3) is 0 Å². The number of rotatable bonds is 2. The second-order valence-electron chi connectivity index (χ2n) is 11.7. The third-order valence-electron chi connectivity index (χ3n) is 10.1. The van der Waals surface area contributed by atoms with Crippen molar-refractivity contribution in [3.8, 4) is 0 Å². The molecule has 0 bridgehead atoms. The average Bonchev–Trinajstić information content (AvgIpc) is 2.75. The monoisotopic (exact) mass is 383 g/mol. The normalized spacial score (nSPS) is 44.7. The number of allylic oxidation sites excluding steroid dienone is 4. The lowest BCUT2D eigenvalue weighted by atomic mass is 9.52. The van der Waals surface area contributed by atoms with E-state index in [1.54, 1.807) is 11.1 Å². The number of carbonyl (C=O) groups excluding carboxylic acids is 1. The van der Waals surface area contributed by atoms with Crippen LogP contribution in [-0.2, 0) is 4.79 Å². The first-order valence-corrected chi connectivity index (χ1v) is 11.6. The number of fused-ring (bicyclic) bond motifs is 4. The smallest absolute Gasteiger partial charge is 0.133 e. The van der Waals surface area contributed by atoms with Crippen LogP contribution in [0.5, 0.6) is 0 Å². The first-order valence-electron chi connectivity index (χ1n) is 11.6. The lowest BCUT2D eigenvalue weighted by Gasteiger charge is -2.52. The van der Waals surface area contributed by atoms with Gasteiger partial charge in [-0.2, -0.15) is 0 Å². The summed E-state index contributed by atoms with van der Waals surface area (Å²) >= 11 is 0. The van der Waals surface area contributed by atoms with Gasteiger partial charge in [-0.25, -0.2) is 0 Å². The molecule has 4 rings (SSSR count). The third kappa shape index (κ3) is 2.66. The number of hydrogen-bond donors (Lipinski definition) is 0. The maximum Gasteiger partial charge on any atom is 0.133 e. The first kappa shape index (κ1) is 20.4. The fourth-order valence-electron chi connectivity index (χ4n) is 8.29. The first-order chi connectivity index (χ1) is 13.0. The Morgan fingerprint density at radius 1 is 1.00 bits per heavy atom. The molecule has 0 aromatic rings. The van der Waals surface area contributed by atoms with E-state index < -0.39 is 0 Å². The number of ketones is 1. The Bertz CT molecular complexity index is 729. The van der Waals surface area contributed by atoms with Gasteiger partial charge >= 0.3 is 0 Å². The van der Waals surface area contributed by atoms with Gasteiger partial charge in [0.2, 0.25) is 0 Å². The fourth-order valence-corrected chi connectivity index (χ4v) is 8.29. The summed E-state index contributed by atoms with van der Waals surface area (Å²) in [6.07, 6.45) is 13.7. The molecule has 0 spiro atoms. The van der Waals surface area contributed by atoms with Crippen LogP contribution in [-0.4, -0.2) is 30.8 Å². The summed E-state index contributed by atoms with van der Waals surface area (Å²) < 4.78 is 0. The molecule has 2 nitrogen and oxygen atoms in total. The van der Waals surface area contributed by atoms with E-state index >= 15 is 0 Å². The highest BCUT2D eigenvalue weighted by Gasteiger charge is 2.60. The van der Waals surface area contributed by atoms with Crippen LogP contribution in [0.15, 0.2) is 23.3 Å². The molecule has 0 radical (unpaired) electrons. The Kier molecular flexibility index (Phi) is 4.77. The van der Waals surface area contributed by atoms with Gasteiger partial charge in [0, 0.05) is 12.0 Å². The van der Waals surface area contributed by atoms with Crippen LogP contribution in [0.2, 0.25) is 0 Å². The molecule has 0 aromatic heterocycles. The van der Waals surface area contributed by atoms with E-state index in [2.05, 4.69) is 58.8 Å². The standard InChI is InChI=1S/C26H41NO/c1-17(28)20-13-15-26(5)22-10-9-21-18(16-19(22)12-14-25(20,26)4)8-11-23(27(6)7)24(21,2)3/h12,16,20-23H,8-11,13-15H2,1-7H3. The van der Waals surface area contributed by atoms with Crippen molar-refractivity contribution in [2.24, 2.45) is 34.0 Å². The maximum absolute atomic E-state index is 12.4. The molecular formula is C26H41NO. The maximum atomic E-state index is 12.4. The Morgan fingerprint density at radius 2 is 1.68 bits per heavy atom. The zero-order valence-corrected chi connectivity index (χ0v) is 19.3. The van der Waals surface area contributed by atoms with Crippen LogP contribution in [0.4, 0.5) is 0 Å². The van der Waals surface area contributed by atoms with Crippen molar-refractivity contribution >= 4 is 5.78 Å². The van der Waals surface area contributed by atoms with Gasteiger partial charge in [0.15, 0.2) is 0 Å². The van der Waals surface area contributed by atoms with Gasteiger partial charge in [0.1, 0.15) is 5.78 Å². The van der Waals surface area contributed by atoms with E-state index in [1.165, 1.54) is 32.1 Å². The fraction of sp³-hybridized carbons (Fsp3) is 0.808. The highest BCUT2D eigenvalue weighted by molar-refractivity contribution is 5.80. The van der Waals surface area contributed by atoms with E-state index in [-0.39, 0.29) is 16.7 Å². The van der Waals surface area contributed by atoms with Gasteiger partial charge in [-0.1, -0.05) is 45.4 Å². The largest absolute Gasteiger partial charge is 0.306 e. The van der Waals surface area contributed by atoms with Crippen LogP contribution in [0.1, 0.15) is 79.6 Å². The minimum Gasteiger partial charge on any atom is -0.306 e. The second-order valence-corrected chi connectivity index (χ2v) is 11.7. The molecule has 6 unspecified atom stereocenters. The molecule has 2 fully saturated rings. The van der Waals surface area contributed by atoms with Gasteiger partial charge in [-0.15, -0.1) is 0 Å². The predicted octanol–water partition coefficient (Wildman–Crippen LogP) is 6.03. The Morgan fingerprint density at radius 3 is 2.32 bits per heavy atom. The molecule has 4 aliphatic carbocycles. The van der Waals surface area contributed by atoms with Crippen molar-refractivity contribution in [3.63, 3.8) is 0 Å². The Labute approximate surface area is 172 Å². The van der Waals surface area contributed by atoms with E-state index in [4.69, 9.17) is 0 Å². The second kappa shape index (κ2) is 6.56. The zero-order chi connectivity index (χ0) is 20.5. The van der Waals surface area contributed by atoms with Gasteiger partial charge in [-0.05, 0) is 99.6 Å². The SMILES string of the molecule is CC(=O)C1CCC2(C)C3CCC4C(=CC3=CCC12C)CCC(N(C)C)C4(C)C. The van der Waals surface area contributed by atoms with Crippen LogP contribution < -0.4 is 0 Å². The highest BCUT2D eigenvalue weighted by Crippen LogP contribution is 2.67. The molecule has 156 valence electrons. The summed E-state index contributed by atoms with van der Waals surface area (Å²) in [7, 11) is 4.51. The number of nitrogens with zero attached hydrogens (tertiary/aromatic N) is 1. The molecule has 0 N–H and O–H groups in total. The minimum atomic E-state index is 0.142. The molecule has 0 aromatic carbocycles. The quantitative estimate of drug-likeness (QED) is 0.580. The summed E-state index contributed by atoms with van der Waals surface area (Å²) in [6, 6.07) is 0.665. The van der Waals surface area contributed by atoms with Gasteiger partial charge in [-0.3, -0.25) is 4.79 Å². The zero-order valence-electron chi connectivity index (χ0n) is 19.3. The highest BCUT2D eigenvalue weighted by atomic mass is 16.1. The molecule has 2 saturated carbocycles. The Balaban J connectivity index is 1.70. The van der Waals surface area contributed by atoms with Gasteiger partial charge < -0.3 is 4.90 Å². The average molecular weight is 384 g/mol. The predicted molar refractivity (Wildman–Crippen MR) is 117 cm³/mol. The molecule has 0 amide bonds. The van der Waals surface area contributed by atoms with Crippen molar-refractivity contribution in [1.82, 2.24) is 4.90 Å². The summed E-state index contributed by atoms with van der Waals surface area (Å²) in [5, 5.41) is 0. The Hall–Kier alpha value is -0.890. The summed E-state index contributed by atoms with van der Waals surface area (Å²) in [5.41, 5.74) is 4.06. The molecule has 2 heteroatoms. The molecule has 0 heterocycles. The van der Waals surface area contributed by atoms with Crippen molar-refractivity contribution in [2.45, 2.75) is 85.6 Å². The third-order valence-corrected chi connectivity index (χ3v) is 10.1. The van der Waals surface area contributed by atoms with Gasteiger partial charge in [0.05, 0.1) is 0 Å².